The number of nitrogens with zero attached hydrogens (tertiary/aromatic N) is 1. The van der Waals surface area contributed by atoms with E-state index >= 15 is 0 Å². The van der Waals surface area contributed by atoms with Gasteiger partial charge in [-0.15, -0.1) is 0 Å². The number of nitrogens with one attached hydrogen (secondary N) is 1. The van der Waals surface area contributed by atoms with Crippen LogP contribution in [0.3, 0.4) is 0 Å². The van der Waals surface area contributed by atoms with E-state index in [2.05, 4.69) is 0 Å². The minimum Gasteiger partial charge on any atom is -0.371 e. The summed E-state index contributed by atoms with van der Waals surface area (Å²) in [4.78, 5) is 9.69. The van der Waals surface area contributed by atoms with Crippen molar-refractivity contribution in [3.8, 4) is 0 Å². The van der Waals surface area contributed by atoms with Gasteiger partial charge in [-0.1, -0.05) is 0 Å². The van der Waals surface area contributed by atoms with E-state index in [0.29, 0.717) is 6.07 Å². The Morgan fingerprint density at radius 2 is 2.00 bits per heavy atom. The van der Waals surface area contributed by atoms with Crippen LogP contribution in [-0.2, 0) is 0 Å². The van der Waals surface area contributed by atoms with Crippen LogP contribution in [-0.4, -0.2) is 17.6 Å². The number of nitro benzene ring substituents is 1. The van der Waals surface area contributed by atoms with Gasteiger partial charge in [-0.2, -0.15) is 13.2 Å². The molecule has 0 saturated carbocycles. The summed E-state index contributed by atoms with van der Waals surface area (Å²) in [5.74, 6) is -0.819. The van der Waals surface area contributed by atoms with E-state index < -0.39 is 34.8 Å². The monoisotopic (exact) mass is 364 g/mol. The molecule has 1 aromatic rings. The van der Waals surface area contributed by atoms with Crippen LogP contribution >= 0.6 is 22.6 Å². The van der Waals surface area contributed by atoms with Crippen LogP contribution < -0.4 is 5.32 Å². The molecule has 1 rings (SSSR count). The summed E-state index contributed by atoms with van der Waals surface area (Å²) in [5.41, 5.74) is -1.09. The van der Waals surface area contributed by atoms with Gasteiger partial charge in [0.25, 0.3) is 5.69 Å². The minimum atomic E-state index is -4.53. The molecule has 9 heteroatoms. The molecule has 0 atom stereocenters. The molecule has 0 amide bonds. The Kier molecular flexibility index (Phi) is 4.11. The van der Waals surface area contributed by atoms with Crippen molar-refractivity contribution in [2.45, 2.75) is 6.18 Å². The SMILES string of the molecule is O=[N+]([O-])c1cc(I)c(F)cc1NCC(F)(F)F. The van der Waals surface area contributed by atoms with Crippen molar-refractivity contribution in [3.63, 3.8) is 0 Å². The van der Waals surface area contributed by atoms with E-state index in [1.165, 1.54) is 22.6 Å². The van der Waals surface area contributed by atoms with Gasteiger partial charge in [0.2, 0.25) is 0 Å². The first-order chi connectivity index (χ1) is 7.70. The van der Waals surface area contributed by atoms with Crippen molar-refractivity contribution in [2.24, 2.45) is 0 Å². The Hall–Kier alpha value is -1.13. The van der Waals surface area contributed by atoms with Crippen molar-refractivity contribution in [2.75, 3.05) is 11.9 Å². The van der Waals surface area contributed by atoms with Gasteiger partial charge in [-0.3, -0.25) is 10.1 Å². The minimum absolute atomic E-state index is 0.0353. The molecule has 1 aromatic carbocycles. The second kappa shape index (κ2) is 5.02. The molecule has 0 heterocycles. The summed E-state index contributed by atoms with van der Waals surface area (Å²) in [6.45, 7) is -1.46. The van der Waals surface area contributed by atoms with E-state index in [4.69, 9.17) is 0 Å². The molecule has 0 saturated heterocycles. The lowest BCUT2D eigenvalue weighted by atomic mass is 10.2. The van der Waals surface area contributed by atoms with Gasteiger partial charge in [0, 0.05) is 12.1 Å². The van der Waals surface area contributed by atoms with Crippen LogP contribution in [0.15, 0.2) is 12.1 Å². The van der Waals surface area contributed by atoms with E-state index in [1.54, 1.807) is 5.32 Å². The number of benzene rings is 1. The first-order valence-corrected chi connectivity index (χ1v) is 5.22. The lowest BCUT2D eigenvalue weighted by molar-refractivity contribution is -0.384. The molecular formula is C8H5F4IN2O2. The quantitative estimate of drug-likeness (QED) is 0.388. The number of anilines is 1. The highest BCUT2D eigenvalue weighted by atomic mass is 127. The Bertz CT molecular complexity index is 450. The number of nitro groups is 1. The number of halogens is 5. The molecule has 0 aliphatic heterocycles. The highest BCUT2D eigenvalue weighted by Crippen LogP contribution is 2.29. The lowest BCUT2D eigenvalue weighted by Gasteiger charge is -2.10. The molecule has 0 aliphatic rings. The maximum atomic E-state index is 13.1. The van der Waals surface area contributed by atoms with Gasteiger partial charge in [-0.25, -0.2) is 4.39 Å². The Labute approximate surface area is 106 Å². The summed E-state index contributed by atoms with van der Waals surface area (Å²) < 4.78 is 48.8. The Morgan fingerprint density at radius 3 is 2.47 bits per heavy atom. The molecule has 1 N–H and O–H groups in total. The van der Waals surface area contributed by atoms with Gasteiger partial charge in [0.1, 0.15) is 18.0 Å². The van der Waals surface area contributed by atoms with Crippen molar-refractivity contribution >= 4 is 34.0 Å². The third-order valence-corrected chi connectivity index (χ3v) is 2.54. The molecule has 0 fully saturated rings. The van der Waals surface area contributed by atoms with Gasteiger partial charge in [0.15, 0.2) is 0 Å². The lowest BCUT2D eigenvalue weighted by Crippen LogP contribution is -2.21. The fourth-order valence-electron chi connectivity index (χ4n) is 1.02. The predicted molar refractivity (Wildman–Crippen MR) is 60.3 cm³/mol. The van der Waals surface area contributed by atoms with Crippen molar-refractivity contribution in [3.05, 3.63) is 31.6 Å². The average Bonchev–Trinajstić information content (AvgIpc) is 2.17. The second-order valence-corrected chi connectivity index (χ2v) is 4.17. The number of hydrogen-bond donors (Lipinski definition) is 1. The standard InChI is InChI=1S/C8H5F4IN2O2/c9-4-1-6(14-3-8(10,11)12)7(15(16)17)2-5(4)13/h1-2,14H,3H2. The van der Waals surface area contributed by atoms with Crippen LogP contribution in [0.4, 0.5) is 28.9 Å². The third-order valence-electron chi connectivity index (χ3n) is 1.71. The summed E-state index contributed by atoms with van der Waals surface area (Å²) in [6, 6.07) is 1.54. The van der Waals surface area contributed by atoms with Crippen LogP contribution in [0.1, 0.15) is 0 Å². The third kappa shape index (κ3) is 3.98. The maximum absolute atomic E-state index is 13.1. The molecule has 4 nitrogen and oxygen atoms in total. The molecule has 0 bridgehead atoms. The smallest absolute Gasteiger partial charge is 0.371 e. The largest absolute Gasteiger partial charge is 0.405 e. The normalized spacial score (nSPS) is 11.4. The zero-order valence-corrected chi connectivity index (χ0v) is 10.2. The van der Waals surface area contributed by atoms with E-state index in [1.807, 2.05) is 0 Å². The summed E-state index contributed by atoms with van der Waals surface area (Å²) in [5, 5.41) is 12.4. The van der Waals surface area contributed by atoms with Crippen LogP contribution in [0, 0.1) is 19.5 Å². The molecule has 0 aliphatic carbocycles. The molecule has 0 radical (unpaired) electrons. The van der Waals surface area contributed by atoms with Gasteiger partial charge in [-0.05, 0) is 22.6 Å². The zero-order chi connectivity index (χ0) is 13.2. The molecule has 0 unspecified atom stereocenters. The van der Waals surface area contributed by atoms with E-state index in [0.717, 1.165) is 6.07 Å². The summed E-state index contributed by atoms with van der Waals surface area (Å²) in [7, 11) is 0. The van der Waals surface area contributed by atoms with E-state index in [9.17, 15) is 27.7 Å². The number of hydrogen-bond acceptors (Lipinski definition) is 3. The van der Waals surface area contributed by atoms with Crippen LogP contribution in [0.25, 0.3) is 0 Å². The van der Waals surface area contributed by atoms with E-state index in [-0.39, 0.29) is 3.57 Å². The summed E-state index contributed by atoms with van der Waals surface area (Å²) in [6.07, 6.45) is -4.53. The van der Waals surface area contributed by atoms with Gasteiger partial charge >= 0.3 is 6.18 Å². The first kappa shape index (κ1) is 13.9. The average molecular weight is 364 g/mol. The van der Waals surface area contributed by atoms with Crippen LogP contribution in [0.5, 0.6) is 0 Å². The van der Waals surface area contributed by atoms with Gasteiger partial charge in [0.05, 0.1) is 8.49 Å². The molecule has 94 valence electrons. The molecule has 0 aromatic heterocycles. The van der Waals surface area contributed by atoms with Gasteiger partial charge < -0.3 is 5.32 Å². The summed E-state index contributed by atoms with van der Waals surface area (Å²) >= 11 is 1.52. The Balaban J connectivity index is 3.05. The van der Waals surface area contributed by atoms with Crippen LogP contribution in [0.2, 0.25) is 0 Å². The van der Waals surface area contributed by atoms with Crippen molar-refractivity contribution in [1.29, 1.82) is 0 Å². The fourth-order valence-corrected chi connectivity index (χ4v) is 1.48. The zero-order valence-electron chi connectivity index (χ0n) is 8.02. The molecule has 17 heavy (non-hydrogen) atoms. The number of alkyl halides is 3. The van der Waals surface area contributed by atoms with Crippen molar-refractivity contribution < 1.29 is 22.5 Å². The second-order valence-electron chi connectivity index (χ2n) is 3.01. The maximum Gasteiger partial charge on any atom is 0.405 e. The molecule has 0 spiro atoms. The first-order valence-electron chi connectivity index (χ1n) is 4.15. The Morgan fingerprint density at radius 1 is 1.41 bits per heavy atom. The number of rotatable bonds is 3. The van der Waals surface area contributed by atoms with Crippen molar-refractivity contribution in [1.82, 2.24) is 0 Å². The highest BCUT2D eigenvalue weighted by molar-refractivity contribution is 14.1. The highest BCUT2D eigenvalue weighted by Gasteiger charge is 2.28. The predicted octanol–water partition coefficient (Wildman–Crippen LogP) is 3.31. The topological polar surface area (TPSA) is 55.2 Å². The molecular weight excluding hydrogens is 359 g/mol. The fraction of sp³-hybridized carbons (Fsp3) is 0.250.